The number of nitrogens with zero attached hydrogens (tertiary/aromatic N) is 2. The molecular weight excluding hydrogens is 338 g/mol. The van der Waals surface area contributed by atoms with Gasteiger partial charge in [-0.1, -0.05) is 41.4 Å². The fraction of sp³-hybridized carbons (Fsp3) is 0.211. The van der Waals surface area contributed by atoms with Crippen molar-refractivity contribution in [3.05, 3.63) is 74.5 Å². The SMILES string of the molecule is CCn1nc(C(=O)NCc2cccc(C)c2)c(=O)c2cc(Cl)ccc21. The number of rotatable bonds is 4. The quantitative estimate of drug-likeness (QED) is 0.781. The Labute approximate surface area is 150 Å². The van der Waals surface area contributed by atoms with Crippen LogP contribution in [0.1, 0.15) is 28.5 Å². The van der Waals surface area contributed by atoms with Crippen LogP contribution in [0.15, 0.2) is 47.3 Å². The molecule has 1 amide bonds. The van der Waals surface area contributed by atoms with Gasteiger partial charge in [0.15, 0.2) is 5.69 Å². The molecule has 0 saturated heterocycles. The van der Waals surface area contributed by atoms with E-state index in [1.807, 2.05) is 38.1 Å². The van der Waals surface area contributed by atoms with Gasteiger partial charge in [0.05, 0.1) is 10.9 Å². The summed E-state index contributed by atoms with van der Waals surface area (Å²) in [5.74, 6) is -0.490. The fourth-order valence-electron chi connectivity index (χ4n) is 2.74. The second-order valence-electron chi connectivity index (χ2n) is 5.83. The zero-order valence-corrected chi connectivity index (χ0v) is 14.8. The summed E-state index contributed by atoms with van der Waals surface area (Å²) in [5, 5.41) is 7.84. The number of amides is 1. The van der Waals surface area contributed by atoms with Crippen molar-refractivity contribution in [2.45, 2.75) is 26.9 Å². The standard InChI is InChI=1S/C19H18ClN3O2/c1-3-23-16-8-7-14(20)10-15(16)18(24)17(22-23)19(25)21-11-13-6-4-5-12(2)9-13/h4-10H,3,11H2,1-2H3,(H,21,25). The van der Waals surface area contributed by atoms with Gasteiger partial charge in [0, 0.05) is 18.1 Å². The number of carbonyl (C=O) groups is 1. The second kappa shape index (κ2) is 7.07. The maximum atomic E-state index is 12.7. The Morgan fingerprint density at radius 1 is 1.24 bits per heavy atom. The highest BCUT2D eigenvalue weighted by atomic mass is 35.5. The molecule has 3 aromatic rings. The van der Waals surface area contributed by atoms with Crippen molar-refractivity contribution in [3.8, 4) is 0 Å². The highest BCUT2D eigenvalue weighted by Crippen LogP contribution is 2.16. The zero-order valence-electron chi connectivity index (χ0n) is 14.0. The fourth-order valence-corrected chi connectivity index (χ4v) is 2.91. The first-order valence-corrected chi connectivity index (χ1v) is 8.41. The van der Waals surface area contributed by atoms with Gasteiger partial charge in [-0.2, -0.15) is 5.10 Å². The first-order valence-electron chi connectivity index (χ1n) is 8.03. The number of carbonyl (C=O) groups excluding carboxylic acids is 1. The molecule has 0 fully saturated rings. The summed E-state index contributed by atoms with van der Waals surface area (Å²) in [7, 11) is 0. The summed E-state index contributed by atoms with van der Waals surface area (Å²) < 4.78 is 1.63. The summed E-state index contributed by atoms with van der Waals surface area (Å²) in [6.45, 7) is 4.76. The molecule has 1 N–H and O–H groups in total. The first-order chi connectivity index (χ1) is 12.0. The molecule has 0 aliphatic rings. The van der Waals surface area contributed by atoms with E-state index < -0.39 is 11.3 Å². The highest BCUT2D eigenvalue weighted by Gasteiger charge is 2.17. The van der Waals surface area contributed by atoms with E-state index in [1.54, 1.807) is 22.9 Å². The summed E-state index contributed by atoms with van der Waals surface area (Å²) in [5.41, 5.74) is 2.20. The Kier molecular flexibility index (Phi) is 4.86. The Hall–Kier alpha value is -2.66. The molecule has 128 valence electrons. The van der Waals surface area contributed by atoms with Crippen LogP contribution in [0.2, 0.25) is 5.02 Å². The lowest BCUT2D eigenvalue weighted by Crippen LogP contribution is -2.31. The maximum Gasteiger partial charge on any atom is 0.276 e. The highest BCUT2D eigenvalue weighted by molar-refractivity contribution is 6.31. The van der Waals surface area contributed by atoms with Crippen LogP contribution in [-0.2, 0) is 13.1 Å². The van der Waals surface area contributed by atoms with Crippen molar-refractivity contribution in [3.63, 3.8) is 0 Å². The molecular formula is C19H18ClN3O2. The van der Waals surface area contributed by atoms with E-state index in [0.29, 0.717) is 29.0 Å². The summed E-state index contributed by atoms with van der Waals surface area (Å²) >= 11 is 6.00. The predicted molar refractivity (Wildman–Crippen MR) is 99.0 cm³/mol. The van der Waals surface area contributed by atoms with Gasteiger partial charge in [-0.3, -0.25) is 14.3 Å². The number of hydrogen-bond donors (Lipinski definition) is 1. The van der Waals surface area contributed by atoms with Crippen LogP contribution in [0.3, 0.4) is 0 Å². The van der Waals surface area contributed by atoms with E-state index in [-0.39, 0.29) is 5.69 Å². The van der Waals surface area contributed by atoms with Gasteiger partial charge in [-0.25, -0.2) is 0 Å². The van der Waals surface area contributed by atoms with E-state index in [0.717, 1.165) is 11.1 Å². The third-order valence-electron chi connectivity index (χ3n) is 3.97. The smallest absolute Gasteiger partial charge is 0.276 e. The van der Waals surface area contributed by atoms with Gasteiger partial charge in [-0.15, -0.1) is 0 Å². The molecule has 25 heavy (non-hydrogen) atoms. The Morgan fingerprint density at radius 2 is 2.04 bits per heavy atom. The van der Waals surface area contributed by atoms with Gasteiger partial charge < -0.3 is 5.32 Å². The van der Waals surface area contributed by atoms with Crippen molar-refractivity contribution in [1.29, 1.82) is 0 Å². The lowest BCUT2D eigenvalue weighted by Gasteiger charge is -2.11. The van der Waals surface area contributed by atoms with E-state index >= 15 is 0 Å². The van der Waals surface area contributed by atoms with Gasteiger partial charge in [0.25, 0.3) is 5.91 Å². The number of benzene rings is 2. The molecule has 0 radical (unpaired) electrons. The maximum absolute atomic E-state index is 12.7. The number of aromatic nitrogens is 2. The topological polar surface area (TPSA) is 64.0 Å². The molecule has 0 aliphatic heterocycles. The Balaban J connectivity index is 1.96. The molecule has 0 spiro atoms. The number of hydrogen-bond acceptors (Lipinski definition) is 3. The van der Waals surface area contributed by atoms with Crippen LogP contribution in [0, 0.1) is 6.92 Å². The van der Waals surface area contributed by atoms with E-state index in [9.17, 15) is 9.59 Å². The third kappa shape index (κ3) is 3.56. The van der Waals surface area contributed by atoms with Crippen LogP contribution in [0.4, 0.5) is 0 Å². The molecule has 0 atom stereocenters. The third-order valence-corrected chi connectivity index (χ3v) is 4.20. The number of halogens is 1. The first kappa shape index (κ1) is 17.2. The molecule has 1 heterocycles. The van der Waals surface area contributed by atoms with Gasteiger partial charge in [0.2, 0.25) is 5.43 Å². The number of fused-ring (bicyclic) bond motifs is 1. The van der Waals surface area contributed by atoms with Crippen LogP contribution in [-0.4, -0.2) is 15.7 Å². The van der Waals surface area contributed by atoms with Gasteiger partial charge in [-0.05, 0) is 37.6 Å². The second-order valence-corrected chi connectivity index (χ2v) is 6.26. The van der Waals surface area contributed by atoms with E-state index in [4.69, 9.17) is 11.6 Å². The Morgan fingerprint density at radius 3 is 2.76 bits per heavy atom. The van der Waals surface area contributed by atoms with Crippen molar-refractivity contribution in [1.82, 2.24) is 15.1 Å². The molecule has 0 bridgehead atoms. The molecule has 2 aromatic carbocycles. The van der Waals surface area contributed by atoms with Crippen molar-refractivity contribution in [2.75, 3.05) is 0 Å². The zero-order chi connectivity index (χ0) is 18.0. The van der Waals surface area contributed by atoms with Crippen LogP contribution >= 0.6 is 11.6 Å². The van der Waals surface area contributed by atoms with Crippen LogP contribution in [0.5, 0.6) is 0 Å². The van der Waals surface area contributed by atoms with Crippen LogP contribution in [0.25, 0.3) is 10.9 Å². The largest absolute Gasteiger partial charge is 0.346 e. The number of aryl methyl sites for hydroxylation is 2. The summed E-state index contributed by atoms with van der Waals surface area (Å²) in [6, 6.07) is 12.8. The Bertz CT molecular complexity index is 1010. The lowest BCUT2D eigenvalue weighted by molar-refractivity contribution is 0.0942. The minimum Gasteiger partial charge on any atom is -0.346 e. The minimum absolute atomic E-state index is 0.121. The van der Waals surface area contributed by atoms with E-state index in [1.165, 1.54) is 0 Å². The minimum atomic E-state index is -0.490. The average molecular weight is 356 g/mol. The molecule has 1 aromatic heterocycles. The molecule has 0 saturated carbocycles. The molecule has 6 heteroatoms. The van der Waals surface area contributed by atoms with Crippen molar-refractivity contribution in [2.24, 2.45) is 0 Å². The normalized spacial score (nSPS) is 10.8. The summed E-state index contributed by atoms with van der Waals surface area (Å²) in [6.07, 6.45) is 0. The summed E-state index contributed by atoms with van der Waals surface area (Å²) in [4.78, 5) is 25.2. The molecule has 5 nitrogen and oxygen atoms in total. The molecule has 0 aliphatic carbocycles. The molecule has 3 rings (SSSR count). The monoisotopic (exact) mass is 355 g/mol. The van der Waals surface area contributed by atoms with Gasteiger partial charge in [0.1, 0.15) is 0 Å². The van der Waals surface area contributed by atoms with Gasteiger partial charge >= 0.3 is 0 Å². The molecule has 0 unspecified atom stereocenters. The van der Waals surface area contributed by atoms with Crippen molar-refractivity contribution >= 4 is 28.4 Å². The predicted octanol–water partition coefficient (Wildman–Crippen LogP) is 3.31. The van der Waals surface area contributed by atoms with E-state index in [2.05, 4.69) is 10.4 Å². The van der Waals surface area contributed by atoms with Crippen molar-refractivity contribution < 1.29 is 4.79 Å². The number of nitrogens with one attached hydrogen (secondary N) is 1. The van der Waals surface area contributed by atoms with Crippen LogP contribution < -0.4 is 10.7 Å². The average Bonchev–Trinajstić information content (AvgIpc) is 2.60. The lowest BCUT2D eigenvalue weighted by atomic mass is 10.1.